The van der Waals surface area contributed by atoms with Crippen LogP contribution < -0.4 is 10.1 Å². The summed E-state index contributed by atoms with van der Waals surface area (Å²) in [5.41, 5.74) is 1.07. The molecule has 1 N–H and O–H groups in total. The van der Waals surface area contributed by atoms with Gasteiger partial charge < -0.3 is 14.8 Å². The SMILES string of the molecule is COC(CNC(=O)C(C)Oc1ccccc1)c1ccsc1. The molecule has 0 radical (unpaired) electrons. The summed E-state index contributed by atoms with van der Waals surface area (Å²) in [4.78, 5) is 12.0. The van der Waals surface area contributed by atoms with Crippen molar-refractivity contribution in [1.82, 2.24) is 5.32 Å². The lowest BCUT2D eigenvalue weighted by molar-refractivity contribution is -0.127. The maximum Gasteiger partial charge on any atom is 0.260 e. The molecule has 0 saturated heterocycles. The molecular weight excluding hydrogens is 286 g/mol. The Kier molecular flexibility index (Phi) is 5.78. The third kappa shape index (κ3) is 4.58. The van der Waals surface area contributed by atoms with E-state index in [2.05, 4.69) is 5.32 Å². The van der Waals surface area contributed by atoms with E-state index in [9.17, 15) is 4.79 Å². The van der Waals surface area contributed by atoms with Crippen LogP contribution in [0.3, 0.4) is 0 Å². The van der Waals surface area contributed by atoms with E-state index in [-0.39, 0.29) is 12.0 Å². The van der Waals surface area contributed by atoms with Crippen LogP contribution in [0.1, 0.15) is 18.6 Å². The molecule has 5 heteroatoms. The summed E-state index contributed by atoms with van der Waals surface area (Å²) < 4.78 is 11.0. The molecule has 0 bridgehead atoms. The number of para-hydroxylation sites is 1. The van der Waals surface area contributed by atoms with Gasteiger partial charge in [0.15, 0.2) is 6.10 Å². The van der Waals surface area contributed by atoms with E-state index in [1.165, 1.54) is 0 Å². The molecule has 0 aliphatic carbocycles. The van der Waals surface area contributed by atoms with Gasteiger partial charge in [-0.25, -0.2) is 0 Å². The van der Waals surface area contributed by atoms with Gasteiger partial charge in [0, 0.05) is 13.7 Å². The third-order valence-corrected chi connectivity index (χ3v) is 3.79. The average molecular weight is 305 g/mol. The largest absolute Gasteiger partial charge is 0.481 e. The van der Waals surface area contributed by atoms with E-state index < -0.39 is 6.10 Å². The van der Waals surface area contributed by atoms with Crippen molar-refractivity contribution in [3.05, 3.63) is 52.7 Å². The highest BCUT2D eigenvalue weighted by molar-refractivity contribution is 7.07. The second-order valence-electron chi connectivity index (χ2n) is 4.60. The first-order valence-electron chi connectivity index (χ1n) is 6.75. The molecule has 21 heavy (non-hydrogen) atoms. The maximum atomic E-state index is 12.0. The van der Waals surface area contributed by atoms with Crippen molar-refractivity contribution in [1.29, 1.82) is 0 Å². The number of hydrogen-bond acceptors (Lipinski definition) is 4. The molecule has 2 rings (SSSR count). The molecule has 0 fully saturated rings. The van der Waals surface area contributed by atoms with E-state index >= 15 is 0 Å². The summed E-state index contributed by atoms with van der Waals surface area (Å²) in [6.07, 6.45) is -0.684. The predicted octanol–water partition coefficient (Wildman–Crippen LogP) is 3.02. The molecule has 2 aromatic rings. The third-order valence-electron chi connectivity index (χ3n) is 3.09. The number of methoxy groups -OCH3 is 1. The van der Waals surface area contributed by atoms with Crippen LogP contribution in [0.25, 0.3) is 0 Å². The van der Waals surface area contributed by atoms with Gasteiger partial charge in [0.1, 0.15) is 11.9 Å². The number of thiophene rings is 1. The van der Waals surface area contributed by atoms with E-state index in [0.29, 0.717) is 12.3 Å². The fraction of sp³-hybridized carbons (Fsp3) is 0.312. The first-order valence-corrected chi connectivity index (χ1v) is 7.69. The number of amides is 1. The fourth-order valence-corrected chi connectivity index (χ4v) is 2.59. The summed E-state index contributed by atoms with van der Waals surface area (Å²) in [6, 6.07) is 11.3. The molecule has 0 aliphatic heterocycles. The van der Waals surface area contributed by atoms with Crippen molar-refractivity contribution < 1.29 is 14.3 Å². The van der Waals surface area contributed by atoms with Gasteiger partial charge in [-0.05, 0) is 41.4 Å². The predicted molar refractivity (Wildman–Crippen MR) is 83.6 cm³/mol. The Morgan fingerprint density at radius 2 is 2.05 bits per heavy atom. The Bertz CT molecular complexity index is 542. The smallest absolute Gasteiger partial charge is 0.260 e. The number of carbonyl (C=O) groups excluding carboxylic acids is 1. The van der Waals surface area contributed by atoms with Crippen LogP contribution in [0.5, 0.6) is 5.75 Å². The number of nitrogens with one attached hydrogen (secondary N) is 1. The minimum absolute atomic E-state index is 0.135. The molecule has 4 nitrogen and oxygen atoms in total. The highest BCUT2D eigenvalue weighted by Crippen LogP contribution is 2.18. The summed E-state index contributed by atoms with van der Waals surface area (Å²) in [5.74, 6) is 0.525. The lowest BCUT2D eigenvalue weighted by Crippen LogP contribution is -2.38. The Morgan fingerprint density at radius 1 is 1.29 bits per heavy atom. The maximum absolute atomic E-state index is 12.0. The van der Waals surface area contributed by atoms with Crippen LogP contribution >= 0.6 is 11.3 Å². The molecule has 0 saturated carbocycles. The van der Waals surface area contributed by atoms with Crippen LogP contribution in [0.4, 0.5) is 0 Å². The molecule has 1 heterocycles. The van der Waals surface area contributed by atoms with Crippen LogP contribution in [0.2, 0.25) is 0 Å². The number of hydrogen-bond donors (Lipinski definition) is 1. The molecular formula is C16H19NO3S. The van der Waals surface area contributed by atoms with Gasteiger partial charge in [0.05, 0.1) is 0 Å². The van der Waals surface area contributed by atoms with Crippen LogP contribution in [0.15, 0.2) is 47.2 Å². The van der Waals surface area contributed by atoms with Crippen molar-refractivity contribution >= 4 is 17.2 Å². The zero-order valence-electron chi connectivity index (χ0n) is 12.1. The standard InChI is InChI=1S/C16H19NO3S/c1-12(20-14-6-4-3-5-7-14)16(18)17-10-15(19-2)13-8-9-21-11-13/h3-9,11-12,15H,10H2,1-2H3,(H,17,18). The van der Waals surface area contributed by atoms with Crippen molar-refractivity contribution in [3.8, 4) is 5.75 Å². The monoisotopic (exact) mass is 305 g/mol. The molecule has 112 valence electrons. The number of benzene rings is 1. The first-order chi connectivity index (χ1) is 10.2. The number of ether oxygens (including phenoxy) is 2. The molecule has 1 amide bonds. The second kappa shape index (κ2) is 7.81. The van der Waals surface area contributed by atoms with Crippen molar-refractivity contribution in [2.45, 2.75) is 19.1 Å². The van der Waals surface area contributed by atoms with E-state index in [1.807, 2.05) is 47.2 Å². The first kappa shape index (κ1) is 15.5. The van der Waals surface area contributed by atoms with Gasteiger partial charge in [0.2, 0.25) is 0 Å². The molecule has 1 aromatic carbocycles. The zero-order chi connectivity index (χ0) is 15.1. The molecule has 2 unspecified atom stereocenters. The van der Waals surface area contributed by atoms with E-state index in [4.69, 9.17) is 9.47 Å². The van der Waals surface area contributed by atoms with Crippen molar-refractivity contribution in [2.75, 3.05) is 13.7 Å². The van der Waals surface area contributed by atoms with Crippen LogP contribution in [0, 0.1) is 0 Å². The topological polar surface area (TPSA) is 47.6 Å². The molecule has 2 atom stereocenters. The van der Waals surface area contributed by atoms with Gasteiger partial charge in [0.25, 0.3) is 5.91 Å². The Hall–Kier alpha value is -1.85. The molecule has 0 aliphatic rings. The second-order valence-corrected chi connectivity index (χ2v) is 5.38. The van der Waals surface area contributed by atoms with E-state index in [1.54, 1.807) is 25.4 Å². The number of rotatable bonds is 7. The molecule has 1 aromatic heterocycles. The van der Waals surface area contributed by atoms with Crippen LogP contribution in [-0.4, -0.2) is 25.7 Å². The van der Waals surface area contributed by atoms with Gasteiger partial charge in [-0.1, -0.05) is 18.2 Å². The Labute approximate surface area is 128 Å². The lowest BCUT2D eigenvalue weighted by atomic mass is 10.2. The average Bonchev–Trinajstić information content (AvgIpc) is 3.03. The summed E-state index contributed by atoms with van der Waals surface area (Å²) in [7, 11) is 1.64. The normalized spacial score (nSPS) is 13.4. The highest BCUT2D eigenvalue weighted by Gasteiger charge is 2.17. The van der Waals surface area contributed by atoms with Crippen LogP contribution in [-0.2, 0) is 9.53 Å². The van der Waals surface area contributed by atoms with Crippen molar-refractivity contribution in [2.24, 2.45) is 0 Å². The molecule has 0 spiro atoms. The lowest BCUT2D eigenvalue weighted by Gasteiger charge is -2.18. The van der Waals surface area contributed by atoms with Gasteiger partial charge in [-0.2, -0.15) is 11.3 Å². The highest BCUT2D eigenvalue weighted by atomic mass is 32.1. The minimum atomic E-state index is -0.549. The van der Waals surface area contributed by atoms with Crippen molar-refractivity contribution in [3.63, 3.8) is 0 Å². The van der Waals surface area contributed by atoms with E-state index in [0.717, 1.165) is 5.56 Å². The zero-order valence-corrected chi connectivity index (χ0v) is 12.9. The summed E-state index contributed by atoms with van der Waals surface area (Å²) >= 11 is 1.61. The Morgan fingerprint density at radius 3 is 2.67 bits per heavy atom. The summed E-state index contributed by atoms with van der Waals surface area (Å²) in [5, 5.41) is 6.87. The fourth-order valence-electron chi connectivity index (χ4n) is 1.89. The number of carbonyl (C=O) groups is 1. The summed E-state index contributed by atoms with van der Waals surface area (Å²) in [6.45, 7) is 2.16. The van der Waals surface area contributed by atoms with Gasteiger partial charge in [-0.15, -0.1) is 0 Å². The van der Waals surface area contributed by atoms with Gasteiger partial charge in [-0.3, -0.25) is 4.79 Å². The Balaban J connectivity index is 1.83. The quantitative estimate of drug-likeness (QED) is 0.855. The minimum Gasteiger partial charge on any atom is -0.481 e. The van der Waals surface area contributed by atoms with Gasteiger partial charge >= 0.3 is 0 Å².